The van der Waals surface area contributed by atoms with Crippen LogP contribution in [0.4, 0.5) is 0 Å². The first kappa shape index (κ1) is 7.59. The van der Waals surface area contributed by atoms with E-state index in [-0.39, 0.29) is 11.5 Å². The molecule has 60 valence electrons. The van der Waals surface area contributed by atoms with Gasteiger partial charge in [0.2, 0.25) is 5.91 Å². The number of H-pyrrole nitrogens is 2. The van der Waals surface area contributed by atoms with Crippen molar-refractivity contribution >= 4 is 5.91 Å². The van der Waals surface area contributed by atoms with E-state index in [4.69, 9.17) is 0 Å². The summed E-state index contributed by atoms with van der Waals surface area (Å²) >= 11 is 0. The number of amides is 1. The molecule has 0 aliphatic carbocycles. The van der Waals surface area contributed by atoms with Crippen molar-refractivity contribution in [3.05, 3.63) is 22.1 Å². The third-order valence-electron chi connectivity index (χ3n) is 1.18. The van der Waals surface area contributed by atoms with E-state index in [1.807, 2.05) is 0 Å². The molecule has 0 saturated heterocycles. The van der Waals surface area contributed by atoms with E-state index in [0.29, 0.717) is 12.2 Å². The Morgan fingerprint density at radius 2 is 2.36 bits per heavy atom. The Bertz CT molecular complexity index is 299. The van der Waals surface area contributed by atoms with Crippen molar-refractivity contribution < 1.29 is 4.79 Å². The fourth-order valence-electron chi connectivity index (χ4n) is 0.687. The van der Waals surface area contributed by atoms with Crippen molar-refractivity contribution in [1.82, 2.24) is 15.5 Å². The van der Waals surface area contributed by atoms with Crippen LogP contribution < -0.4 is 10.9 Å². The normalized spacial score (nSPS) is 9.55. The number of aromatic amines is 2. The molecule has 0 fully saturated rings. The van der Waals surface area contributed by atoms with Crippen molar-refractivity contribution in [3.8, 4) is 0 Å². The van der Waals surface area contributed by atoms with Crippen molar-refractivity contribution in [2.75, 3.05) is 0 Å². The van der Waals surface area contributed by atoms with Crippen LogP contribution in [-0.2, 0) is 11.3 Å². The van der Waals surface area contributed by atoms with Gasteiger partial charge in [-0.1, -0.05) is 0 Å². The quantitative estimate of drug-likeness (QED) is 0.530. The predicted molar refractivity (Wildman–Crippen MR) is 38.9 cm³/mol. The summed E-state index contributed by atoms with van der Waals surface area (Å²) in [5.74, 6) is -0.118. The van der Waals surface area contributed by atoms with Crippen LogP contribution in [0.3, 0.4) is 0 Å². The summed E-state index contributed by atoms with van der Waals surface area (Å²) in [6.45, 7) is 1.78. The molecule has 0 unspecified atom stereocenters. The summed E-state index contributed by atoms with van der Waals surface area (Å²) < 4.78 is 0. The van der Waals surface area contributed by atoms with Gasteiger partial charge in [0.05, 0.1) is 12.2 Å². The second-order valence-electron chi connectivity index (χ2n) is 2.19. The number of aromatic nitrogens is 2. The molecule has 1 amide bonds. The lowest BCUT2D eigenvalue weighted by molar-refractivity contribution is -0.119. The molecular weight excluding hydrogens is 146 g/mol. The first-order chi connectivity index (χ1) is 5.18. The van der Waals surface area contributed by atoms with Crippen LogP contribution in [0.5, 0.6) is 0 Å². The summed E-state index contributed by atoms with van der Waals surface area (Å²) in [6.07, 6.45) is 0. The largest absolute Gasteiger partial charge is 0.351 e. The van der Waals surface area contributed by atoms with Gasteiger partial charge in [0.25, 0.3) is 5.56 Å². The molecule has 0 spiro atoms. The molecule has 0 radical (unpaired) electrons. The fourth-order valence-corrected chi connectivity index (χ4v) is 0.687. The van der Waals surface area contributed by atoms with Crippen LogP contribution in [0, 0.1) is 0 Å². The van der Waals surface area contributed by atoms with Gasteiger partial charge in [0, 0.05) is 13.0 Å². The molecule has 0 atom stereocenters. The van der Waals surface area contributed by atoms with E-state index in [2.05, 4.69) is 15.5 Å². The standard InChI is InChI=1S/C6H9N3O2/c1-4(10)7-3-5-2-6(11)9-8-5/h2H,3H2,1H3,(H,7,10)(H2,8,9,11). The average molecular weight is 155 g/mol. The minimum atomic E-state index is -0.189. The molecule has 1 aromatic rings. The lowest BCUT2D eigenvalue weighted by atomic mass is 10.4. The topological polar surface area (TPSA) is 77.8 Å². The molecule has 0 aliphatic rings. The van der Waals surface area contributed by atoms with Gasteiger partial charge in [0.1, 0.15) is 0 Å². The van der Waals surface area contributed by atoms with Gasteiger partial charge >= 0.3 is 0 Å². The third kappa shape index (κ3) is 2.29. The molecule has 1 aromatic heterocycles. The number of nitrogens with one attached hydrogen (secondary N) is 3. The maximum Gasteiger partial charge on any atom is 0.264 e. The van der Waals surface area contributed by atoms with Crippen molar-refractivity contribution in [1.29, 1.82) is 0 Å². The van der Waals surface area contributed by atoms with E-state index in [1.54, 1.807) is 0 Å². The second-order valence-corrected chi connectivity index (χ2v) is 2.19. The number of rotatable bonds is 2. The highest BCUT2D eigenvalue weighted by Gasteiger charge is 1.95. The van der Waals surface area contributed by atoms with Crippen LogP contribution in [-0.4, -0.2) is 16.1 Å². The Morgan fingerprint density at radius 3 is 2.82 bits per heavy atom. The van der Waals surface area contributed by atoms with E-state index in [0.717, 1.165) is 0 Å². The van der Waals surface area contributed by atoms with Crippen molar-refractivity contribution in [2.24, 2.45) is 0 Å². The number of hydrogen-bond acceptors (Lipinski definition) is 2. The van der Waals surface area contributed by atoms with E-state index in [9.17, 15) is 9.59 Å². The maximum absolute atomic E-state index is 10.5. The highest BCUT2D eigenvalue weighted by Crippen LogP contribution is 1.84. The maximum atomic E-state index is 10.5. The van der Waals surface area contributed by atoms with E-state index >= 15 is 0 Å². The Hall–Kier alpha value is -1.52. The van der Waals surface area contributed by atoms with Crippen LogP contribution in [0.1, 0.15) is 12.6 Å². The van der Waals surface area contributed by atoms with Crippen LogP contribution in [0.25, 0.3) is 0 Å². The third-order valence-corrected chi connectivity index (χ3v) is 1.18. The van der Waals surface area contributed by atoms with Crippen LogP contribution in [0.15, 0.2) is 10.9 Å². The zero-order chi connectivity index (χ0) is 8.27. The van der Waals surface area contributed by atoms with Gasteiger partial charge < -0.3 is 10.4 Å². The highest BCUT2D eigenvalue weighted by molar-refractivity contribution is 5.72. The van der Waals surface area contributed by atoms with Gasteiger partial charge in [-0.05, 0) is 0 Å². The minimum absolute atomic E-state index is 0.118. The van der Waals surface area contributed by atoms with Crippen LogP contribution >= 0.6 is 0 Å². The molecule has 0 bridgehead atoms. The molecule has 0 saturated carbocycles. The fraction of sp³-hybridized carbons (Fsp3) is 0.333. The van der Waals surface area contributed by atoms with Gasteiger partial charge in [-0.3, -0.25) is 14.7 Å². The summed E-state index contributed by atoms with van der Waals surface area (Å²) in [5.41, 5.74) is 0.482. The summed E-state index contributed by atoms with van der Waals surface area (Å²) in [7, 11) is 0. The Kier molecular flexibility index (Phi) is 2.10. The molecule has 11 heavy (non-hydrogen) atoms. The number of hydrogen-bond donors (Lipinski definition) is 3. The molecule has 5 nitrogen and oxygen atoms in total. The molecule has 3 N–H and O–H groups in total. The Labute approximate surface area is 62.8 Å². The van der Waals surface area contributed by atoms with Gasteiger partial charge in [-0.15, -0.1) is 0 Å². The van der Waals surface area contributed by atoms with E-state index < -0.39 is 0 Å². The first-order valence-electron chi connectivity index (χ1n) is 3.19. The molecular formula is C6H9N3O2. The number of carbonyl (C=O) groups excluding carboxylic acids is 1. The summed E-state index contributed by atoms with van der Waals surface area (Å²) in [5, 5.41) is 7.52. The van der Waals surface area contributed by atoms with Gasteiger partial charge in [0.15, 0.2) is 0 Å². The monoisotopic (exact) mass is 155 g/mol. The summed E-state index contributed by atoms with van der Waals surface area (Å²) in [6, 6.07) is 1.40. The van der Waals surface area contributed by atoms with Gasteiger partial charge in [-0.25, -0.2) is 0 Å². The zero-order valence-electron chi connectivity index (χ0n) is 6.10. The van der Waals surface area contributed by atoms with Crippen LogP contribution in [0.2, 0.25) is 0 Å². The lowest BCUT2D eigenvalue weighted by Crippen LogP contribution is -2.19. The highest BCUT2D eigenvalue weighted by atomic mass is 16.1. The molecule has 5 heteroatoms. The summed E-state index contributed by atoms with van der Waals surface area (Å²) in [4.78, 5) is 20.9. The molecule has 0 aliphatic heterocycles. The Morgan fingerprint density at radius 1 is 1.64 bits per heavy atom. The average Bonchev–Trinajstić information content (AvgIpc) is 2.31. The molecule has 0 aromatic carbocycles. The zero-order valence-corrected chi connectivity index (χ0v) is 6.10. The van der Waals surface area contributed by atoms with Crippen molar-refractivity contribution in [3.63, 3.8) is 0 Å². The minimum Gasteiger partial charge on any atom is -0.351 e. The second kappa shape index (κ2) is 3.05. The molecule has 1 heterocycles. The first-order valence-corrected chi connectivity index (χ1v) is 3.19. The van der Waals surface area contributed by atoms with Crippen molar-refractivity contribution in [2.45, 2.75) is 13.5 Å². The number of carbonyl (C=O) groups is 1. The molecule has 1 rings (SSSR count). The predicted octanol–water partition coefficient (Wildman–Crippen LogP) is -0.661. The lowest BCUT2D eigenvalue weighted by Gasteiger charge is -1.96. The van der Waals surface area contributed by atoms with Gasteiger partial charge in [-0.2, -0.15) is 0 Å². The smallest absolute Gasteiger partial charge is 0.264 e. The Balaban J connectivity index is 2.51. The SMILES string of the molecule is CC(=O)NCc1cc(=O)[nH][nH]1. The van der Waals surface area contributed by atoms with E-state index in [1.165, 1.54) is 13.0 Å².